The van der Waals surface area contributed by atoms with Gasteiger partial charge in [0.1, 0.15) is 5.76 Å². The first-order chi connectivity index (χ1) is 13.4. The number of urea groups is 1. The molecule has 9 heteroatoms. The molecule has 0 bridgehead atoms. The zero-order chi connectivity index (χ0) is 20.5. The molecular weight excluding hydrogens is 384 g/mol. The number of nitrogens with one attached hydrogen (secondary N) is 3. The third-order valence-electron chi connectivity index (χ3n) is 3.91. The summed E-state index contributed by atoms with van der Waals surface area (Å²) in [4.78, 5) is 37.7. The highest BCUT2D eigenvalue weighted by atomic mass is 35.5. The van der Waals surface area contributed by atoms with E-state index in [1.54, 1.807) is 29.2 Å². The second kappa shape index (κ2) is 10.5. The van der Waals surface area contributed by atoms with Crippen LogP contribution < -0.4 is 16.0 Å². The number of carbonyl (C=O) groups is 3. The molecule has 0 saturated heterocycles. The fourth-order valence-electron chi connectivity index (χ4n) is 2.40. The van der Waals surface area contributed by atoms with Crippen molar-refractivity contribution in [2.24, 2.45) is 0 Å². The maximum atomic E-state index is 12.3. The molecule has 4 amide bonds. The number of halogens is 1. The predicted octanol–water partition coefficient (Wildman–Crippen LogP) is 2.53. The molecule has 0 aliphatic carbocycles. The number of carbonyl (C=O) groups excluding carboxylic acids is 3. The summed E-state index contributed by atoms with van der Waals surface area (Å²) in [6, 6.07) is 8.00. The number of nitrogens with zero attached hydrogens (tertiary/aromatic N) is 1. The van der Waals surface area contributed by atoms with Crippen LogP contribution in [0.4, 0.5) is 10.5 Å². The first kappa shape index (κ1) is 21.5. The Morgan fingerprint density at radius 2 is 1.89 bits per heavy atom. The van der Waals surface area contributed by atoms with Crippen molar-refractivity contribution < 1.29 is 18.8 Å². The molecule has 0 radical (unpaired) electrons. The van der Waals surface area contributed by atoms with Crippen molar-refractivity contribution in [1.82, 2.24) is 15.5 Å². The van der Waals surface area contributed by atoms with Crippen LogP contribution in [0, 0.1) is 6.92 Å². The summed E-state index contributed by atoms with van der Waals surface area (Å²) in [7, 11) is 0. The molecule has 0 spiro atoms. The van der Waals surface area contributed by atoms with E-state index in [1.165, 1.54) is 6.26 Å². The number of anilines is 1. The van der Waals surface area contributed by atoms with Gasteiger partial charge in [0.15, 0.2) is 0 Å². The van der Waals surface area contributed by atoms with Crippen LogP contribution in [0.1, 0.15) is 18.2 Å². The lowest BCUT2D eigenvalue weighted by molar-refractivity contribution is -0.122. The Morgan fingerprint density at radius 3 is 2.57 bits per heavy atom. The number of furan rings is 1. The molecule has 2 rings (SSSR count). The number of aryl methyl sites for hydroxylation is 1. The lowest BCUT2D eigenvalue weighted by Gasteiger charge is -2.19. The first-order valence-corrected chi connectivity index (χ1v) is 9.13. The summed E-state index contributed by atoms with van der Waals surface area (Å²) in [6.45, 7) is 4.23. The van der Waals surface area contributed by atoms with Crippen LogP contribution in [0.3, 0.4) is 0 Å². The van der Waals surface area contributed by atoms with Crippen LogP contribution in [0.5, 0.6) is 0 Å². The Bertz CT molecular complexity index is 823. The monoisotopic (exact) mass is 406 g/mol. The van der Waals surface area contributed by atoms with E-state index in [4.69, 9.17) is 16.0 Å². The standard InChI is InChI=1S/C19H23ClN4O4/c1-3-24(11-17(25)22-16-9-14(20)7-6-13(16)2)12-18(26)23-19(27)21-10-15-5-4-8-28-15/h4-9H,3,10-12H2,1-2H3,(H,22,25)(H2,21,23,26,27). The van der Waals surface area contributed by atoms with Gasteiger partial charge in [0.2, 0.25) is 11.8 Å². The van der Waals surface area contributed by atoms with E-state index >= 15 is 0 Å². The maximum absolute atomic E-state index is 12.3. The second-order valence-corrected chi connectivity index (χ2v) is 6.56. The van der Waals surface area contributed by atoms with Crippen molar-refractivity contribution >= 4 is 35.1 Å². The molecule has 1 aromatic heterocycles. The topological polar surface area (TPSA) is 104 Å². The van der Waals surface area contributed by atoms with Crippen LogP contribution in [0.15, 0.2) is 41.0 Å². The Hall–Kier alpha value is -2.84. The van der Waals surface area contributed by atoms with Gasteiger partial charge in [-0.3, -0.25) is 19.8 Å². The van der Waals surface area contributed by atoms with E-state index in [2.05, 4.69) is 16.0 Å². The number of hydrogen-bond donors (Lipinski definition) is 3. The van der Waals surface area contributed by atoms with E-state index in [-0.39, 0.29) is 25.5 Å². The molecule has 0 fully saturated rings. The molecule has 1 heterocycles. The summed E-state index contributed by atoms with van der Waals surface area (Å²) < 4.78 is 5.09. The number of amides is 4. The van der Waals surface area contributed by atoms with Crippen molar-refractivity contribution in [3.63, 3.8) is 0 Å². The van der Waals surface area contributed by atoms with Gasteiger partial charge in [0, 0.05) is 10.7 Å². The lowest BCUT2D eigenvalue weighted by atomic mass is 10.2. The molecule has 150 valence electrons. The van der Waals surface area contributed by atoms with E-state index in [0.29, 0.717) is 23.0 Å². The number of likely N-dealkylation sites (N-methyl/N-ethyl adjacent to an activating group) is 1. The number of hydrogen-bond acceptors (Lipinski definition) is 5. The van der Waals surface area contributed by atoms with E-state index in [1.807, 2.05) is 19.9 Å². The van der Waals surface area contributed by atoms with Crippen LogP contribution in [-0.4, -0.2) is 42.4 Å². The first-order valence-electron chi connectivity index (χ1n) is 8.75. The van der Waals surface area contributed by atoms with Gasteiger partial charge in [0.05, 0.1) is 25.9 Å². The number of benzene rings is 1. The molecule has 1 aromatic carbocycles. The SMILES string of the molecule is CCN(CC(=O)NC(=O)NCc1ccco1)CC(=O)Nc1cc(Cl)ccc1C. The molecule has 0 unspecified atom stereocenters. The van der Waals surface area contributed by atoms with Gasteiger partial charge in [-0.1, -0.05) is 24.6 Å². The number of rotatable bonds is 8. The normalized spacial score (nSPS) is 10.6. The highest BCUT2D eigenvalue weighted by molar-refractivity contribution is 6.31. The number of imide groups is 1. The van der Waals surface area contributed by atoms with Crippen molar-refractivity contribution in [2.75, 3.05) is 25.0 Å². The summed E-state index contributed by atoms with van der Waals surface area (Å²) in [6.07, 6.45) is 1.50. The molecule has 0 aliphatic rings. The minimum atomic E-state index is -0.628. The molecule has 2 aromatic rings. The third kappa shape index (κ3) is 7.05. The fourth-order valence-corrected chi connectivity index (χ4v) is 2.57. The molecule has 28 heavy (non-hydrogen) atoms. The van der Waals surface area contributed by atoms with Crippen LogP contribution in [-0.2, 0) is 16.1 Å². The van der Waals surface area contributed by atoms with Crippen molar-refractivity contribution in [3.8, 4) is 0 Å². The van der Waals surface area contributed by atoms with Crippen LogP contribution in [0.2, 0.25) is 5.02 Å². The van der Waals surface area contributed by atoms with Gasteiger partial charge >= 0.3 is 6.03 Å². The van der Waals surface area contributed by atoms with E-state index < -0.39 is 11.9 Å². The highest BCUT2D eigenvalue weighted by Crippen LogP contribution is 2.20. The Balaban J connectivity index is 1.78. The molecule has 8 nitrogen and oxygen atoms in total. The predicted molar refractivity (Wildman–Crippen MR) is 106 cm³/mol. The van der Waals surface area contributed by atoms with Crippen molar-refractivity contribution in [3.05, 3.63) is 52.9 Å². The van der Waals surface area contributed by atoms with Crippen molar-refractivity contribution in [2.45, 2.75) is 20.4 Å². The van der Waals surface area contributed by atoms with Gasteiger partial charge in [-0.25, -0.2) is 4.79 Å². The smallest absolute Gasteiger partial charge is 0.321 e. The summed E-state index contributed by atoms with van der Waals surface area (Å²) in [5, 5.41) is 8.04. The Labute approximate surface area is 168 Å². The quantitative estimate of drug-likeness (QED) is 0.625. The Morgan fingerprint density at radius 1 is 1.14 bits per heavy atom. The fraction of sp³-hybridized carbons (Fsp3) is 0.316. The summed E-state index contributed by atoms with van der Waals surface area (Å²) in [5.74, 6) is -0.210. The minimum absolute atomic E-state index is 0.00386. The molecule has 0 aliphatic heterocycles. The van der Waals surface area contributed by atoms with Gasteiger partial charge in [-0.05, 0) is 43.3 Å². The van der Waals surface area contributed by atoms with Crippen LogP contribution >= 0.6 is 11.6 Å². The molecule has 3 N–H and O–H groups in total. The van der Waals surface area contributed by atoms with Gasteiger partial charge in [0.25, 0.3) is 0 Å². The second-order valence-electron chi connectivity index (χ2n) is 6.12. The van der Waals surface area contributed by atoms with Gasteiger partial charge in [-0.15, -0.1) is 0 Å². The molecule has 0 atom stereocenters. The van der Waals surface area contributed by atoms with Crippen LogP contribution in [0.25, 0.3) is 0 Å². The average molecular weight is 407 g/mol. The molecular formula is C19H23ClN4O4. The highest BCUT2D eigenvalue weighted by Gasteiger charge is 2.16. The third-order valence-corrected chi connectivity index (χ3v) is 4.15. The maximum Gasteiger partial charge on any atom is 0.321 e. The van der Waals surface area contributed by atoms with E-state index in [0.717, 1.165) is 5.56 Å². The molecule has 0 saturated carbocycles. The minimum Gasteiger partial charge on any atom is -0.467 e. The van der Waals surface area contributed by atoms with Gasteiger partial charge in [-0.2, -0.15) is 0 Å². The van der Waals surface area contributed by atoms with Crippen molar-refractivity contribution in [1.29, 1.82) is 0 Å². The van der Waals surface area contributed by atoms with E-state index in [9.17, 15) is 14.4 Å². The lowest BCUT2D eigenvalue weighted by Crippen LogP contribution is -2.45. The average Bonchev–Trinajstić information content (AvgIpc) is 3.16. The zero-order valence-corrected chi connectivity index (χ0v) is 16.5. The largest absolute Gasteiger partial charge is 0.467 e. The summed E-state index contributed by atoms with van der Waals surface area (Å²) >= 11 is 5.95. The zero-order valence-electron chi connectivity index (χ0n) is 15.8. The summed E-state index contributed by atoms with van der Waals surface area (Å²) in [5.41, 5.74) is 1.50. The Kier molecular flexibility index (Phi) is 8.03. The van der Waals surface area contributed by atoms with Gasteiger partial charge < -0.3 is 15.1 Å².